The Kier molecular flexibility index (Phi) is 6.81. The molecule has 4 rings (SSSR count). The topological polar surface area (TPSA) is 65.0 Å². The number of carbonyl (C=O) groups excluding carboxylic acids is 2. The average molecular weight is 596 g/mol. The van der Waals surface area contributed by atoms with Crippen LogP contribution in [0.4, 0.5) is 0 Å². The van der Waals surface area contributed by atoms with Gasteiger partial charge < -0.3 is 9.47 Å². The third kappa shape index (κ3) is 4.96. The molecule has 0 unspecified atom stereocenters. The van der Waals surface area contributed by atoms with Gasteiger partial charge in [0, 0.05) is 20.6 Å². The summed E-state index contributed by atoms with van der Waals surface area (Å²) in [5.74, 6) is -0.912. The van der Waals surface area contributed by atoms with Crippen LogP contribution in [0, 0.1) is 0 Å². The average Bonchev–Trinajstić information content (AvgIpc) is 3.11. The highest BCUT2D eigenvalue weighted by atomic mass is 79.9. The molecule has 0 aliphatic carbocycles. The molecule has 0 bridgehead atoms. The maximum atomic E-state index is 12.8. The molecule has 3 aromatic rings. The Morgan fingerprint density at radius 1 is 1.03 bits per heavy atom. The van der Waals surface area contributed by atoms with E-state index in [9.17, 15) is 9.59 Å². The predicted molar refractivity (Wildman–Crippen MR) is 130 cm³/mol. The van der Waals surface area contributed by atoms with Crippen LogP contribution in [-0.4, -0.2) is 17.8 Å². The number of carbonyl (C=O) groups is 2. The van der Waals surface area contributed by atoms with Gasteiger partial charge >= 0.3 is 11.9 Å². The predicted octanol–water partition coefficient (Wildman–Crippen LogP) is 7.08. The van der Waals surface area contributed by atoms with Crippen LogP contribution in [0.2, 0.25) is 10.0 Å². The molecule has 32 heavy (non-hydrogen) atoms. The van der Waals surface area contributed by atoms with Crippen molar-refractivity contribution in [3.05, 3.63) is 102 Å². The van der Waals surface area contributed by atoms with Crippen molar-refractivity contribution in [1.29, 1.82) is 0 Å². The molecular formula is C23H11Br2Cl2NO4. The third-order valence-corrected chi connectivity index (χ3v) is 5.91. The molecule has 0 radical (unpaired) electrons. The van der Waals surface area contributed by atoms with E-state index in [0.717, 1.165) is 0 Å². The summed E-state index contributed by atoms with van der Waals surface area (Å²) in [5, 5.41) is 0.556. The highest BCUT2D eigenvalue weighted by molar-refractivity contribution is 9.11. The summed E-state index contributed by atoms with van der Waals surface area (Å²) in [6.45, 7) is 0. The Morgan fingerprint density at radius 2 is 1.78 bits per heavy atom. The Morgan fingerprint density at radius 3 is 2.50 bits per heavy atom. The van der Waals surface area contributed by atoms with E-state index in [2.05, 4.69) is 36.9 Å². The van der Waals surface area contributed by atoms with Gasteiger partial charge in [-0.25, -0.2) is 14.6 Å². The van der Waals surface area contributed by atoms with Crippen LogP contribution in [0.15, 0.2) is 80.3 Å². The van der Waals surface area contributed by atoms with Crippen LogP contribution < -0.4 is 4.74 Å². The molecule has 0 atom stereocenters. The van der Waals surface area contributed by atoms with Crippen molar-refractivity contribution in [1.82, 2.24) is 0 Å². The minimum atomic E-state index is -0.684. The number of aliphatic imine (C=N–C) groups is 1. The molecule has 1 heterocycles. The van der Waals surface area contributed by atoms with Crippen LogP contribution in [0.3, 0.4) is 0 Å². The zero-order valence-corrected chi connectivity index (χ0v) is 20.6. The molecule has 0 aromatic heterocycles. The Balaban J connectivity index is 1.71. The first kappa shape index (κ1) is 22.7. The lowest BCUT2D eigenvalue weighted by atomic mass is 10.1. The number of hydrogen-bond acceptors (Lipinski definition) is 5. The molecule has 0 saturated heterocycles. The summed E-state index contributed by atoms with van der Waals surface area (Å²) >= 11 is 18.8. The second-order valence-corrected chi connectivity index (χ2v) is 9.14. The number of benzene rings is 3. The number of rotatable bonds is 4. The van der Waals surface area contributed by atoms with E-state index < -0.39 is 11.9 Å². The number of nitrogens with zero attached hydrogens (tertiary/aromatic N) is 1. The van der Waals surface area contributed by atoms with Crippen molar-refractivity contribution in [2.75, 3.05) is 0 Å². The summed E-state index contributed by atoms with van der Waals surface area (Å²) in [6.07, 6.45) is 1.49. The monoisotopic (exact) mass is 593 g/mol. The van der Waals surface area contributed by atoms with Crippen molar-refractivity contribution in [2.45, 2.75) is 0 Å². The van der Waals surface area contributed by atoms with Gasteiger partial charge in [0.1, 0.15) is 0 Å². The molecule has 0 spiro atoms. The molecule has 1 aliphatic rings. The largest absolute Gasteiger partial charge is 0.421 e. The smallest absolute Gasteiger partial charge is 0.363 e. The summed E-state index contributed by atoms with van der Waals surface area (Å²) in [5.41, 5.74) is 1.31. The first-order valence-corrected chi connectivity index (χ1v) is 11.4. The van der Waals surface area contributed by atoms with Crippen molar-refractivity contribution < 1.29 is 19.1 Å². The van der Waals surface area contributed by atoms with Crippen LogP contribution in [0.25, 0.3) is 6.08 Å². The van der Waals surface area contributed by atoms with Gasteiger partial charge in [-0.15, -0.1) is 0 Å². The highest BCUT2D eigenvalue weighted by Crippen LogP contribution is 2.36. The maximum absolute atomic E-state index is 12.8. The van der Waals surface area contributed by atoms with Crippen LogP contribution in [0.1, 0.15) is 21.5 Å². The van der Waals surface area contributed by atoms with Gasteiger partial charge in [-0.3, -0.25) is 0 Å². The molecule has 5 nitrogen and oxygen atoms in total. The van der Waals surface area contributed by atoms with Gasteiger partial charge in [0.2, 0.25) is 5.90 Å². The summed E-state index contributed by atoms with van der Waals surface area (Å²) in [7, 11) is 0. The number of ether oxygens (including phenoxy) is 2. The van der Waals surface area contributed by atoms with E-state index >= 15 is 0 Å². The van der Waals surface area contributed by atoms with Crippen molar-refractivity contribution in [2.24, 2.45) is 4.99 Å². The summed E-state index contributed by atoms with van der Waals surface area (Å²) in [4.78, 5) is 29.4. The molecule has 0 amide bonds. The standard InChI is InChI=1S/C23H11Br2Cl2NO4/c24-14-8-13(9-19-23(30)32-21(28-19)12-4-2-1-3-5-12)20(17(25)10-14)31-22(29)16-7-6-15(26)11-18(16)27/h1-11H/b19-9-. The highest BCUT2D eigenvalue weighted by Gasteiger charge is 2.25. The first-order chi connectivity index (χ1) is 15.3. The number of esters is 2. The fraction of sp³-hybridized carbons (Fsp3) is 0. The van der Waals surface area contributed by atoms with E-state index in [-0.39, 0.29) is 27.9 Å². The van der Waals surface area contributed by atoms with Gasteiger partial charge in [0.15, 0.2) is 11.4 Å². The third-order valence-electron chi connectivity index (χ3n) is 4.32. The molecule has 0 saturated carbocycles. The normalized spacial score (nSPS) is 14.3. The van der Waals surface area contributed by atoms with Gasteiger partial charge in [0.25, 0.3) is 0 Å². The van der Waals surface area contributed by atoms with Crippen LogP contribution in [-0.2, 0) is 9.53 Å². The van der Waals surface area contributed by atoms with Gasteiger partial charge in [-0.05, 0) is 64.5 Å². The van der Waals surface area contributed by atoms with E-state index in [0.29, 0.717) is 25.1 Å². The SMILES string of the molecule is O=C1OC(c2ccccc2)=N/C1=C\c1cc(Br)cc(Br)c1OC(=O)c1ccc(Cl)cc1Cl. The maximum Gasteiger partial charge on any atom is 0.363 e. The Bertz CT molecular complexity index is 1310. The van der Waals surface area contributed by atoms with Gasteiger partial charge in [-0.2, -0.15) is 0 Å². The van der Waals surface area contributed by atoms with Gasteiger partial charge in [0.05, 0.1) is 15.1 Å². The number of halogens is 4. The first-order valence-electron chi connectivity index (χ1n) is 9.06. The fourth-order valence-electron chi connectivity index (χ4n) is 2.86. The van der Waals surface area contributed by atoms with E-state index in [4.69, 9.17) is 32.7 Å². The minimum absolute atomic E-state index is 0.0654. The lowest BCUT2D eigenvalue weighted by molar-refractivity contribution is -0.129. The van der Waals surface area contributed by atoms with Crippen molar-refractivity contribution in [3.8, 4) is 5.75 Å². The molecule has 0 N–H and O–H groups in total. The molecule has 3 aromatic carbocycles. The molecule has 160 valence electrons. The quantitative estimate of drug-likeness (QED) is 0.184. The minimum Gasteiger partial charge on any atom is -0.421 e. The molecule has 0 fully saturated rings. The molecule has 1 aliphatic heterocycles. The lowest BCUT2D eigenvalue weighted by Crippen LogP contribution is -2.10. The number of cyclic esters (lactones) is 1. The summed E-state index contributed by atoms with van der Waals surface area (Å²) < 4.78 is 12.1. The van der Waals surface area contributed by atoms with E-state index in [1.165, 1.54) is 24.3 Å². The fourth-order valence-corrected chi connectivity index (χ4v) is 4.68. The van der Waals surface area contributed by atoms with Gasteiger partial charge in [-0.1, -0.05) is 57.3 Å². The van der Waals surface area contributed by atoms with E-state index in [1.54, 1.807) is 24.3 Å². The van der Waals surface area contributed by atoms with Crippen molar-refractivity contribution in [3.63, 3.8) is 0 Å². The zero-order valence-electron chi connectivity index (χ0n) is 15.9. The Hall–Kier alpha value is -2.45. The second-order valence-electron chi connectivity index (χ2n) is 6.52. The lowest BCUT2D eigenvalue weighted by Gasteiger charge is -2.12. The molecular weight excluding hydrogens is 585 g/mol. The van der Waals surface area contributed by atoms with E-state index in [1.807, 2.05) is 18.2 Å². The number of hydrogen-bond donors (Lipinski definition) is 0. The zero-order chi connectivity index (χ0) is 22.8. The Labute approximate surface area is 209 Å². The summed E-state index contributed by atoms with van der Waals surface area (Å²) in [6, 6.07) is 16.9. The van der Waals surface area contributed by atoms with Crippen LogP contribution >= 0.6 is 55.1 Å². The second kappa shape index (κ2) is 9.58. The van der Waals surface area contributed by atoms with Crippen molar-refractivity contribution >= 4 is 79.0 Å². The van der Waals surface area contributed by atoms with Crippen LogP contribution in [0.5, 0.6) is 5.75 Å². The molecule has 9 heteroatoms.